The van der Waals surface area contributed by atoms with Gasteiger partial charge < -0.3 is 9.59 Å². The van der Waals surface area contributed by atoms with E-state index in [9.17, 15) is 9.90 Å². The van der Waals surface area contributed by atoms with Crippen LogP contribution < -0.4 is 0 Å². The van der Waals surface area contributed by atoms with E-state index < -0.39 is 0 Å². The van der Waals surface area contributed by atoms with Gasteiger partial charge in [0.2, 0.25) is 0 Å². The highest BCUT2D eigenvalue weighted by Gasteiger charge is 2.28. The molecular weight excluding hydrogens is 262 g/mol. The van der Waals surface area contributed by atoms with Crippen molar-refractivity contribution in [2.45, 2.75) is 52.0 Å². The minimum atomic E-state index is -0.0271. The lowest BCUT2D eigenvalue weighted by molar-refractivity contribution is -0.926. The lowest BCUT2D eigenvalue weighted by Gasteiger charge is -2.38. The van der Waals surface area contributed by atoms with Gasteiger partial charge in [0.15, 0.2) is 6.29 Å². The number of piperidine rings is 1. The molecular formula is C18H28NO2+. The van der Waals surface area contributed by atoms with Crippen LogP contribution in [0.5, 0.6) is 5.75 Å². The van der Waals surface area contributed by atoms with Crippen molar-refractivity contribution in [1.29, 1.82) is 0 Å². The van der Waals surface area contributed by atoms with Crippen LogP contribution in [0.3, 0.4) is 0 Å². The minimum absolute atomic E-state index is 0.0271. The molecule has 1 aromatic carbocycles. The molecule has 0 unspecified atom stereocenters. The Balaban J connectivity index is 2.39. The number of aldehydes is 1. The highest BCUT2D eigenvalue weighted by molar-refractivity contribution is 5.80. The fourth-order valence-electron chi connectivity index (χ4n) is 3.21. The Morgan fingerprint density at radius 2 is 1.81 bits per heavy atom. The molecule has 1 aromatic rings. The number of phenolic OH excluding ortho intramolecular Hbond substituents is 1. The van der Waals surface area contributed by atoms with Crippen LogP contribution in [-0.2, 0) is 12.0 Å². The van der Waals surface area contributed by atoms with E-state index in [0.717, 1.165) is 41.5 Å². The Morgan fingerprint density at radius 3 is 2.33 bits per heavy atom. The van der Waals surface area contributed by atoms with Crippen LogP contribution in [-0.4, -0.2) is 36.0 Å². The zero-order valence-corrected chi connectivity index (χ0v) is 13.8. The summed E-state index contributed by atoms with van der Waals surface area (Å²) in [4.78, 5) is 11.3. The minimum Gasteiger partial charge on any atom is -0.507 e. The Morgan fingerprint density at radius 1 is 1.19 bits per heavy atom. The Bertz CT molecular complexity index is 523. The van der Waals surface area contributed by atoms with Gasteiger partial charge in [0.05, 0.1) is 25.7 Å². The molecule has 0 atom stereocenters. The monoisotopic (exact) mass is 290 g/mol. The number of phenols is 1. The van der Waals surface area contributed by atoms with Gasteiger partial charge in [-0.25, -0.2) is 0 Å². The molecule has 0 saturated carbocycles. The van der Waals surface area contributed by atoms with Gasteiger partial charge in [0, 0.05) is 5.56 Å². The van der Waals surface area contributed by atoms with Crippen LogP contribution in [0.4, 0.5) is 0 Å². The summed E-state index contributed by atoms with van der Waals surface area (Å²) >= 11 is 0. The van der Waals surface area contributed by atoms with E-state index in [-0.39, 0.29) is 11.2 Å². The van der Waals surface area contributed by atoms with Crippen LogP contribution in [0.1, 0.15) is 61.5 Å². The van der Waals surface area contributed by atoms with Crippen molar-refractivity contribution in [1.82, 2.24) is 0 Å². The first-order valence-corrected chi connectivity index (χ1v) is 7.90. The maximum atomic E-state index is 11.3. The van der Waals surface area contributed by atoms with Crippen molar-refractivity contribution < 1.29 is 14.4 Å². The number of quaternary nitrogens is 1. The topological polar surface area (TPSA) is 37.3 Å². The molecule has 1 aliphatic heterocycles. The van der Waals surface area contributed by atoms with Crippen LogP contribution in [0.15, 0.2) is 12.1 Å². The molecule has 3 nitrogen and oxygen atoms in total. The molecule has 1 aliphatic rings. The van der Waals surface area contributed by atoms with E-state index in [1.165, 1.54) is 19.3 Å². The lowest BCUT2D eigenvalue weighted by atomic mass is 9.84. The zero-order chi connectivity index (χ0) is 15.7. The van der Waals surface area contributed by atoms with Gasteiger partial charge in [0.1, 0.15) is 12.3 Å². The highest BCUT2D eigenvalue weighted by Crippen LogP contribution is 2.33. The fraction of sp³-hybridized carbons (Fsp3) is 0.611. The van der Waals surface area contributed by atoms with E-state index in [2.05, 4.69) is 33.9 Å². The van der Waals surface area contributed by atoms with Crippen LogP contribution >= 0.6 is 0 Å². The largest absolute Gasteiger partial charge is 0.507 e. The Labute approximate surface area is 128 Å². The molecule has 1 saturated heterocycles. The fourth-order valence-corrected chi connectivity index (χ4v) is 3.21. The number of aromatic hydroxyl groups is 1. The molecule has 21 heavy (non-hydrogen) atoms. The Kier molecular flexibility index (Phi) is 4.43. The van der Waals surface area contributed by atoms with E-state index in [0.29, 0.717) is 5.56 Å². The zero-order valence-electron chi connectivity index (χ0n) is 13.8. The SMILES string of the molecule is CC(C)(C)c1cc(C=O)c(O)c(C[N+]2(C)CCCCC2)c1. The maximum absolute atomic E-state index is 11.3. The average molecular weight is 290 g/mol. The molecule has 0 radical (unpaired) electrons. The summed E-state index contributed by atoms with van der Waals surface area (Å²) in [5.41, 5.74) is 2.41. The summed E-state index contributed by atoms with van der Waals surface area (Å²) in [5, 5.41) is 10.4. The van der Waals surface area contributed by atoms with E-state index in [4.69, 9.17) is 0 Å². The van der Waals surface area contributed by atoms with Crippen molar-refractivity contribution in [3.63, 3.8) is 0 Å². The van der Waals surface area contributed by atoms with Gasteiger partial charge >= 0.3 is 0 Å². The van der Waals surface area contributed by atoms with Crippen LogP contribution in [0.2, 0.25) is 0 Å². The lowest BCUT2D eigenvalue weighted by Crippen LogP contribution is -2.47. The second kappa shape index (κ2) is 5.80. The number of rotatable bonds is 3. The molecule has 3 heteroatoms. The number of carbonyl (C=O) groups excluding carboxylic acids is 1. The van der Waals surface area contributed by atoms with Gasteiger partial charge in [0.25, 0.3) is 0 Å². The summed E-state index contributed by atoms with van der Waals surface area (Å²) in [6.45, 7) is 9.50. The van der Waals surface area contributed by atoms with Crippen LogP contribution in [0.25, 0.3) is 0 Å². The molecule has 0 aromatic heterocycles. The molecule has 2 rings (SSSR count). The molecule has 1 N–H and O–H groups in total. The first-order valence-electron chi connectivity index (χ1n) is 7.90. The molecule has 0 bridgehead atoms. The van der Waals surface area contributed by atoms with Crippen molar-refractivity contribution >= 4 is 6.29 Å². The van der Waals surface area contributed by atoms with Gasteiger partial charge in [-0.2, -0.15) is 0 Å². The molecule has 1 fully saturated rings. The van der Waals surface area contributed by atoms with Gasteiger partial charge in [-0.15, -0.1) is 0 Å². The number of benzene rings is 1. The van der Waals surface area contributed by atoms with Crippen LogP contribution in [0, 0.1) is 0 Å². The van der Waals surface area contributed by atoms with Crippen molar-refractivity contribution in [2.75, 3.05) is 20.1 Å². The third-order valence-electron chi connectivity index (χ3n) is 4.66. The third kappa shape index (κ3) is 3.65. The third-order valence-corrected chi connectivity index (χ3v) is 4.66. The summed E-state index contributed by atoms with van der Waals surface area (Å²) in [7, 11) is 2.25. The second-order valence-electron chi connectivity index (χ2n) is 7.73. The van der Waals surface area contributed by atoms with E-state index in [1.54, 1.807) is 0 Å². The van der Waals surface area contributed by atoms with E-state index in [1.807, 2.05) is 6.07 Å². The Hall–Kier alpha value is -1.35. The van der Waals surface area contributed by atoms with Crippen molar-refractivity contribution in [2.24, 2.45) is 0 Å². The predicted octanol–water partition coefficient (Wildman–Crippen LogP) is 3.63. The molecule has 116 valence electrons. The van der Waals surface area contributed by atoms with Gasteiger partial charge in [-0.3, -0.25) is 4.79 Å². The van der Waals surface area contributed by atoms with Crippen molar-refractivity contribution in [3.05, 3.63) is 28.8 Å². The quantitative estimate of drug-likeness (QED) is 0.682. The number of carbonyl (C=O) groups is 1. The molecule has 0 amide bonds. The first-order chi connectivity index (χ1) is 9.75. The number of nitrogens with zero attached hydrogens (tertiary/aromatic N) is 1. The highest BCUT2D eigenvalue weighted by atomic mass is 16.3. The number of hydrogen-bond donors (Lipinski definition) is 1. The molecule has 1 heterocycles. The predicted molar refractivity (Wildman–Crippen MR) is 85.7 cm³/mol. The normalized spacial score (nSPS) is 18.5. The average Bonchev–Trinajstić information content (AvgIpc) is 2.40. The number of hydrogen-bond acceptors (Lipinski definition) is 2. The number of likely N-dealkylation sites (tertiary alicyclic amines) is 1. The first kappa shape index (κ1) is 16.0. The molecule has 0 spiro atoms. The standard InChI is InChI=1S/C18H27NO2/c1-18(2,3)16-10-14(17(21)15(11-16)13-20)12-19(4)8-6-5-7-9-19/h10-11,13H,5-9,12H2,1-4H3/p+1. The van der Waals surface area contributed by atoms with Gasteiger partial charge in [-0.05, 0) is 42.4 Å². The summed E-state index contributed by atoms with van der Waals surface area (Å²) in [5.74, 6) is 0.169. The molecule has 0 aliphatic carbocycles. The van der Waals surface area contributed by atoms with E-state index >= 15 is 0 Å². The van der Waals surface area contributed by atoms with Crippen molar-refractivity contribution in [3.8, 4) is 5.75 Å². The summed E-state index contributed by atoms with van der Waals surface area (Å²) in [6.07, 6.45) is 4.57. The summed E-state index contributed by atoms with van der Waals surface area (Å²) in [6, 6.07) is 3.91. The van der Waals surface area contributed by atoms with Gasteiger partial charge in [-0.1, -0.05) is 20.8 Å². The smallest absolute Gasteiger partial charge is 0.153 e. The maximum Gasteiger partial charge on any atom is 0.153 e. The summed E-state index contributed by atoms with van der Waals surface area (Å²) < 4.78 is 0.958. The second-order valence-corrected chi connectivity index (χ2v) is 7.73.